The maximum Gasteiger partial charge on any atom is 0.191 e. The average molecular weight is 514 g/mol. The van der Waals surface area contributed by atoms with E-state index in [-0.39, 0.29) is 29.8 Å². The number of aryl methyl sites for hydroxylation is 2. The molecule has 0 aliphatic carbocycles. The second-order valence-corrected chi connectivity index (χ2v) is 7.34. The molecule has 0 fully saturated rings. The zero-order chi connectivity index (χ0) is 19.2. The van der Waals surface area contributed by atoms with Crippen molar-refractivity contribution >= 4 is 41.3 Å². The van der Waals surface area contributed by atoms with E-state index in [4.69, 9.17) is 0 Å². The lowest BCUT2D eigenvalue weighted by Crippen LogP contribution is -2.36. The molecule has 0 aliphatic heterocycles. The van der Waals surface area contributed by atoms with Gasteiger partial charge < -0.3 is 15.2 Å². The highest BCUT2D eigenvalue weighted by Crippen LogP contribution is 2.17. The molecule has 0 radical (unpaired) electrons. The van der Waals surface area contributed by atoms with Crippen LogP contribution in [0.4, 0.5) is 4.39 Å². The predicted octanol–water partition coefficient (Wildman–Crippen LogP) is 3.96. The van der Waals surface area contributed by atoms with E-state index >= 15 is 0 Å². The lowest BCUT2D eigenvalue weighted by molar-refractivity contribution is 0.615. The van der Waals surface area contributed by atoms with Crippen LogP contribution in [-0.2, 0) is 13.1 Å². The van der Waals surface area contributed by atoms with Gasteiger partial charge in [0, 0.05) is 23.8 Å². The molecule has 9 heteroatoms. The van der Waals surface area contributed by atoms with Gasteiger partial charge in [-0.05, 0) is 38.5 Å². The third-order valence-electron chi connectivity index (χ3n) is 4.04. The summed E-state index contributed by atoms with van der Waals surface area (Å²) >= 11 is 1.68. The zero-order valence-electron chi connectivity index (χ0n) is 16.1. The summed E-state index contributed by atoms with van der Waals surface area (Å²) in [5.41, 5.74) is 2.33. The Hall–Kier alpha value is -2.01. The van der Waals surface area contributed by atoms with Crippen molar-refractivity contribution in [2.45, 2.75) is 33.9 Å². The molecule has 2 heterocycles. The van der Waals surface area contributed by atoms with Crippen LogP contribution in [0.15, 0.2) is 41.9 Å². The number of aromatic nitrogens is 3. The number of nitrogens with one attached hydrogen (secondary N) is 2. The molecule has 3 rings (SSSR count). The van der Waals surface area contributed by atoms with Gasteiger partial charge in [0.1, 0.15) is 10.8 Å². The van der Waals surface area contributed by atoms with Gasteiger partial charge in [0.15, 0.2) is 5.96 Å². The number of thiazole rings is 1. The molecule has 3 aromatic rings. The second-order valence-electron chi connectivity index (χ2n) is 6.05. The highest BCUT2D eigenvalue weighted by Gasteiger charge is 2.07. The summed E-state index contributed by atoms with van der Waals surface area (Å²) in [5.74, 6) is 0.384. The summed E-state index contributed by atoms with van der Waals surface area (Å²) in [6.07, 6.45) is 4.91. The Bertz CT molecular complexity index is 903. The lowest BCUT2D eigenvalue weighted by atomic mass is 10.2. The highest BCUT2D eigenvalue weighted by atomic mass is 127. The normalized spacial score (nSPS) is 11.2. The molecule has 0 unspecified atom stereocenters. The molecule has 0 bridgehead atoms. The molecular formula is C19H24FIN6S. The van der Waals surface area contributed by atoms with E-state index in [1.54, 1.807) is 40.7 Å². The van der Waals surface area contributed by atoms with Crippen molar-refractivity contribution < 1.29 is 4.39 Å². The summed E-state index contributed by atoms with van der Waals surface area (Å²) in [6, 6.07) is 5.12. The fourth-order valence-electron chi connectivity index (χ4n) is 2.55. The van der Waals surface area contributed by atoms with Gasteiger partial charge in [-0.25, -0.2) is 19.4 Å². The van der Waals surface area contributed by atoms with Crippen LogP contribution in [-0.4, -0.2) is 27.0 Å². The smallest absolute Gasteiger partial charge is 0.191 e. The minimum absolute atomic E-state index is 0. The second kappa shape index (κ2) is 10.5. The monoisotopic (exact) mass is 514 g/mol. The van der Waals surface area contributed by atoms with Crippen LogP contribution >= 0.6 is 35.3 Å². The van der Waals surface area contributed by atoms with Gasteiger partial charge in [-0.3, -0.25) is 0 Å². The Morgan fingerprint density at radius 1 is 1.29 bits per heavy atom. The molecule has 0 saturated heterocycles. The summed E-state index contributed by atoms with van der Waals surface area (Å²) in [4.78, 5) is 14.2. The third kappa shape index (κ3) is 5.74. The number of guanidine groups is 1. The van der Waals surface area contributed by atoms with Crippen LogP contribution in [0, 0.1) is 19.7 Å². The van der Waals surface area contributed by atoms with Crippen molar-refractivity contribution in [2.75, 3.05) is 6.54 Å². The molecular weight excluding hydrogens is 490 g/mol. The Morgan fingerprint density at radius 3 is 2.71 bits per heavy atom. The fraction of sp³-hybridized carbons (Fsp3) is 0.316. The van der Waals surface area contributed by atoms with E-state index in [2.05, 4.69) is 32.5 Å². The zero-order valence-corrected chi connectivity index (χ0v) is 19.2. The van der Waals surface area contributed by atoms with E-state index in [9.17, 15) is 4.39 Å². The van der Waals surface area contributed by atoms with E-state index < -0.39 is 0 Å². The van der Waals surface area contributed by atoms with Crippen molar-refractivity contribution in [3.8, 4) is 5.69 Å². The molecule has 28 heavy (non-hydrogen) atoms. The number of aliphatic imine (C=N–C) groups is 1. The minimum Gasteiger partial charge on any atom is -0.357 e. The molecule has 2 aromatic heterocycles. The van der Waals surface area contributed by atoms with E-state index in [0.29, 0.717) is 24.7 Å². The number of hydrogen-bond acceptors (Lipinski definition) is 4. The van der Waals surface area contributed by atoms with Crippen LogP contribution in [0.5, 0.6) is 0 Å². The Balaban J connectivity index is 0.00000280. The van der Waals surface area contributed by atoms with Crippen molar-refractivity contribution in [3.63, 3.8) is 0 Å². The van der Waals surface area contributed by atoms with Gasteiger partial charge in [-0.1, -0.05) is 6.07 Å². The van der Waals surface area contributed by atoms with Gasteiger partial charge in [-0.2, -0.15) is 0 Å². The quantitative estimate of drug-likeness (QED) is 0.297. The first kappa shape index (κ1) is 22.3. The van der Waals surface area contributed by atoms with Gasteiger partial charge in [0.05, 0.1) is 30.8 Å². The van der Waals surface area contributed by atoms with Gasteiger partial charge in [0.2, 0.25) is 0 Å². The molecule has 0 saturated carbocycles. The summed E-state index contributed by atoms with van der Waals surface area (Å²) in [5, 5.41) is 7.50. The van der Waals surface area contributed by atoms with Gasteiger partial charge in [0.25, 0.3) is 0 Å². The number of rotatable bonds is 6. The average Bonchev–Trinajstić information content (AvgIpc) is 3.28. The molecule has 0 amide bonds. The number of hydrogen-bond donors (Lipinski definition) is 2. The van der Waals surface area contributed by atoms with E-state index in [1.807, 2.05) is 19.9 Å². The molecule has 0 aliphatic rings. The topological polar surface area (TPSA) is 67.1 Å². The number of benzene rings is 1. The molecule has 0 spiro atoms. The van der Waals surface area contributed by atoms with Gasteiger partial charge in [-0.15, -0.1) is 35.3 Å². The summed E-state index contributed by atoms with van der Waals surface area (Å²) < 4.78 is 16.0. The summed E-state index contributed by atoms with van der Waals surface area (Å²) in [7, 11) is 0. The molecule has 2 N–H and O–H groups in total. The highest BCUT2D eigenvalue weighted by molar-refractivity contribution is 14.0. The minimum atomic E-state index is -0.299. The predicted molar refractivity (Wildman–Crippen MR) is 122 cm³/mol. The van der Waals surface area contributed by atoms with Crippen LogP contribution in [0.1, 0.15) is 28.1 Å². The summed E-state index contributed by atoms with van der Waals surface area (Å²) in [6.45, 7) is 7.82. The SMILES string of the molecule is CCNC(=NCc1ccc(-n2ccnc2)c(F)c1)NCc1nc(C)c(C)s1.I. The molecule has 150 valence electrons. The largest absolute Gasteiger partial charge is 0.357 e. The molecule has 0 atom stereocenters. The first-order valence-corrected chi connectivity index (χ1v) is 9.60. The molecule has 1 aromatic carbocycles. The lowest BCUT2D eigenvalue weighted by Gasteiger charge is -2.10. The standard InChI is InChI=1S/C19H23FN6S.HI/c1-4-22-19(24-11-18-25-13(2)14(3)27-18)23-10-15-5-6-17(16(20)9-15)26-8-7-21-12-26;/h5-9,12H,4,10-11H2,1-3H3,(H2,22,23,24);1H. The van der Waals surface area contributed by atoms with Gasteiger partial charge >= 0.3 is 0 Å². The Labute approximate surface area is 185 Å². The Morgan fingerprint density at radius 2 is 2.11 bits per heavy atom. The maximum atomic E-state index is 14.4. The molecule has 6 nitrogen and oxygen atoms in total. The Kier molecular flexibility index (Phi) is 8.36. The third-order valence-corrected chi connectivity index (χ3v) is 5.11. The van der Waals surface area contributed by atoms with E-state index in [1.165, 1.54) is 10.9 Å². The van der Waals surface area contributed by atoms with Crippen molar-refractivity contribution in [1.82, 2.24) is 25.2 Å². The maximum absolute atomic E-state index is 14.4. The van der Waals surface area contributed by atoms with Crippen LogP contribution in [0.3, 0.4) is 0 Å². The number of halogens is 2. The van der Waals surface area contributed by atoms with Crippen LogP contribution in [0.2, 0.25) is 0 Å². The van der Waals surface area contributed by atoms with Crippen LogP contribution in [0.25, 0.3) is 5.69 Å². The first-order valence-electron chi connectivity index (χ1n) is 8.78. The van der Waals surface area contributed by atoms with Crippen molar-refractivity contribution in [1.29, 1.82) is 0 Å². The fourth-order valence-corrected chi connectivity index (χ4v) is 3.42. The first-order chi connectivity index (χ1) is 13.1. The number of imidazole rings is 1. The van der Waals surface area contributed by atoms with E-state index in [0.717, 1.165) is 22.8 Å². The number of nitrogens with zero attached hydrogens (tertiary/aromatic N) is 4. The van der Waals surface area contributed by atoms with Crippen molar-refractivity contribution in [3.05, 3.63) is 63.9 Å². The van der Waals surface area contributed by atoms with Crippen LogP contribution < -0.4 is 10.6 Å². The van der Waals surface area contributed by atoms with Crippen molar-refractivity contribution in [2.24, 2.45) is 4.99 Å².